The standard InChI is InChI=1S/C21H25NO2/c23-21(22-19-10-6-1-2-7-11-19)18-12-14-20(15-13-18)24-16-17-8-4-3-5-9-17/h3-5,8-9,12-15,19H,1-2,6-7,10-11,16H2,(H,22,23). The summed E-state index contributed by atoms with van der Waals surface area (Å²) in [6, 6.07) is 17.8. The molecular weight excluding hydrogens is 298 g/mol. The van der Waals surface area contributed by atoms with E-state index in [0.29, 0.717) is 18.2 Å². The predicted octanol–water partition coefficient (Wildman–Crippen LogP) is 4.72. The van der Waals surface area contributed by atoms with Crippen molar-refractivity contribution in [3.8, 4) is 5.75 Å². The number of hydrogen-bond donors (Lipinski definition) is 1. The summed E-state index contributed by atoms with van der Waals surface area (Å²) in [5.41, 5.74) is 1.83. The van der Waals surface area contributed by atoms with Crippen molar-refractivity contribution in [2.75, 3.05) is 0 Å². The maximum atomic E-state index is 12.4. The Morgan fingerprint density at radius 3 is 2.25 bits per heavy atom. The molecule has 0 radical (unpaired) electrons. The minimum Gasteiger partial charge on any atom is -0.489 e. The fourth-order valence-corrected chi connectivity index (χ4v) is 3.14. The third kappa shape index (κ3) is 4.85. The molecule has 0 aromatic heterocycles. The first kappa shape index (κ1) is 16.6. The molecule has 3 nitrogen and oxygen atoms in total. The lowest BCUT2D eigenvalue weighted by Gasteiger charge is -2.16. The molecule has 1 aliphatic carbocycles. The monoisotopic (exact) mass is 323 g/mol. The first-order valence-electron chi connectivity index (χ1n) is 8.89. The minimum absolute atomic E-state index is 0.0245. The summed E-state index contributed by atoms with van der Waals surface area (Å²) < 4.78 is 5.76. The van der Waals surface area contributed by atoms with Crippen LogP contribution in [-0.2, 0) is 6.61 Å². The quantitative estimate of drug-likeness (QED) is 0.809. The highest BCUT2D eigenvalue weighted by Gasteiger charge is 2.15. The molecule has 1 saturated carbocycles. The molecule has 0 spiro atoms. The second kappa shape index (κ2) is 8.53. The Morgan fingerprint density at radius 1 is 0.917 bits per heavy atom. The second-order valence-electron chi connectivity index (χ2n) is 6.46. The van der Waals surface area contributed by atoms with Gasteiger partial charge in [0.1, 0.15) is 12.4 Å². The van der Waals surface area contributed by atoms with Crippen LogP contribution in [0, 0.1) is 0 Å². The van der Waals surface area contributed by atoms with Crippen molar-refractivity contribution in [2.45, 2.75) is 51.2 Å². The molecular formula is C21H25NO2. The topological polar surface area (TPSA) is 38.3 Å². The Labute approximate surface area is 144 Å². The molecule has 0 saturated heterocycles. The Balaban J connectivity index is 1.52. The summed E-state index contributed by atoms with van der Waals surface area (Å²) in [5.74, 6) is 0.807. The van der Waals surface area contributed by atoms with Gasteiger partial charge in [0.15, 0.2) is 0 Å². The van der Waals surface area contributed by atoms with Gasteiger partial charge in [0.05, 0.1) is 0 Å². The first-order valence-corrected chi connectivity index (χ1v) is 8.89. The van der Waals surface area contributed by atoms with E-state index in [2.05, 4.69) is 5.32 Å². The molecule has 0 aliphatic heterocycles. The van der Waals surface area contributed by atoms with Gasteiger partial charge in [-0.2, -0.15) is 0 Å². The zero-order chi connectivity index (χ0) is 16.6. The Hall–Kier alpha value is -2.29. The SMILES string of the molecule is O=C(NC1CCCCCC1)c1ccc(OCc2ccccc2)cc1. The van der Waals surface area contributed by atoms with Gasteiger partial charge < -0.3 is 10.1 Å². The third-order valence-corrected chi connectivity index (χ3v) is 4.56. The molecule has 0 unspecified atom stereocenters. The van der Waals surface area contributed by atoms with E-state index in [9.17, 15) is 4.79 Å². The average Bonchev–Trinajstić information content (AvgIpc) is 2.90. The molecule has 2 aromatic rings. The van der Waals surface area contributed by atoms with Gasteiger partial charge in [-0.3, -0.25) is 4.79 Å². The summed E-state index contributed by atoms with van der Waals surface area (Å²) in [4.78, 5) is 12.4. The van der Waals surface area contributed by atoms with Gasteiger partial charge in [-0.05, 0) is 42.7 Å². The molecule has 1 fully saturated rings. The summed E-state index contributed by atoms with van der Waals surface area (Å²) in [7, 11) is 0. The lowest BCUT2D eigenvalue weighted by Crippen LogP contribution is -2.34. The van der Waals surface area contributed by atoms with Crippen LogP contribution in [0.25, 0.3) is 0 Å². The summed E-state index contributed by atoms with van der Waals surface area (Å²) in [5, 5.41) is 3.17. The molecule has 0 bridgehead atoms. The Bertz CT molecular complexity index is 629. The van der Waals surface area contributed by atoms with Crippen LogP contribution in [0.2, 0.25) is 0 Å². The molecule has 0 atom stereocenters. The number of carbonyl (C=O) groups is 1. The number of nitrogens with one attached hydrogen (secondary N) is 1. The van der Waals surface area contributed by atoms with Gasteiger partial charge in [0.2, 0.25) is 0 Å². The van der Waals surface area contributed by atoms with Crippen LogP contribution in [0.5, 0.6) is 5.75 Å². The van der Waals surface area contributed by atoms with Crippen LogP contribution in [0.1, 0.15) is 54.4 Å². The lowest BCUT2D eigenvalue weighted by molar-refractivity contribution is 0.0933. The average molecular weight is 323 g/mol. The predicted molar refractivity (Wildman–Crippen MR) is 96.2 cm³/mol. The lowest BCUT2D eigenvalue weighted by atomic mass is 10.1. The van der Waals surface area contributed by atoms with Crippen molar-refractivity contribution in [1.29, 1.82) is 0 Å². The van der Waals surface area contributed by atoms with Gasteiger partial charge in [-0.15, -0.1) is 0 Å². The van der Waals surface area contributed by atoms with E-state index in [1.807, 2.05) is 54.6 Å². The van der Waals surface area contributed by atoms with Crippen molar-refractivity contribution in [3.05, 3.63) is 65.7 Å². The van der Waals surface area contributed by atoms with E-state index in [4.69, 9.17) is 4.74 Å². The summed E-state index contributed by atoms with van der Waals surface area (Å²) >= 11 is 0. The smallest absolute Gasteiger partial charge is 0.251 e. The van der Waals surface area contributed by atoms with E-state index in [1.54, 1.807) is 0 Å². The van der Waals surface area contributed by atoms with Gasteiger partial charge in [-0.1, -0.05) is 56.0 Å². The van der Waals surface area contributed by atoms with E-state index >= 15 is 0 Å². The Kier molecular flexibility index (Phi) is 5.89. The number of hydrogen-bond acceptors (Lipinski definition) is 2. The molecule has 1 N–H and O–H groups in total. The van der Waals surface area contributed by atoms with Crippen LogP contribution in [0.15, 0.2) is 54.6 Å². The molecule has 3 rings (SSSR count). The second-order valence-corrected chi connectivity index (χ2v) is 6.46. The highest BCUT2D eigenvalue weighted by molar-refractivity contribution is 5.94. The molecule has 24 heavy (non-hydrogen) atoms. The highest BCUT2D eigenvalue weighted by Crippen LogP contribution is 2.18. The van der Waals surface area contributed by atoms with Crippen LogP contribution in [-0.4, -0.2) is 11.9 Å². The van der Waals surface area contributed by atoms with Crippen molar-refractivity contribution in [2.24, 2.45) is 0 Å². The number of ether oxygens (including phenoxy) is 1. The van der Waals surface area contributed by atoms with E-state index in [0.717, 1.165) is 24.2 Å². The number of rotatable bonds is 5. The summed E-state index contributed by atoms with van der Waals surface area (Å²) in [6.45, 7) is 0.536. The molecule has 2 aromatic carbocycles. The molecule has 0 heterocycles. The van der Waals surface area contributed by atoms with Crippen LogP contribution in [0.4, 0.5) is 0 Å². The Morgan fingerprint density at radius 2 is 1.58 bits per heavy atom. The van der Waals surface area contributed by atoms with Crippen LogP contribution < -0.4 is 10.1 Å². The van der Waals surface area contributed by atoms with Gasteiger partial charge in [-0.25, -0.2) is 0 Å². The number of amides is 1. The van der Waals surface area contributed by atoms with Crippen molar-refractivity contribution in [1.82, 2.24) is 5.32 Å². The fourth-order valence-electron chi connectivity index (χ4n) is 3.14. The highest BCUT2D eigenvalue weighted by atomic mass is 16.5. The molecule has 1 aliphatic rings. The normalized spacial score (nSPS) is 15.5. The van der Waals surface area contributed by atoms with Crippen molar-refractivity contribution < 1.29 is 9.53 Å². The zero-order valence-electron chi connectivity index (χ0n) is 14.0. The van der Waals surface area contributed by atoms with E-state index < -0.39 is 0 Å². The maximum absolute atomic E-state index is 12.4. The third-order valence-electron chi connectivity index (χ3n) is 4.56. The molecule has 126 valence electrons. The largest absolute Gasteiger partial charge is 0.489 e. The van der Waals surface area contributed by atoms with Crippen LogP contribution >= 0.6 is 0 Å². The van der Waals surface area contributed by atoms with Gasteiger partial charge in [0, 0.05) is 11.6 Å². The van der Waals surface area contributed by atoms with Crippen LogP contribution in [0.3, 0.4) is 0 Å². The first-order chi connectivity index (χ1) is 11.8. The zero-order valence-corrected chi connectivity index (χ0v) is 14.0. The van der Waals surface area contributed by atoms with Crippen molar-refractivity contribution in [3.63, 3.8) is 0 Å². The van der Waals surface area contributed by atoms with Gasteiger partial charge >= 0.3 is 0 Å². The van der Waals surface area contributed by atoms with E-state index in [-0.39, 0.29) is 5.91 Å². The fraction of sp³-hybridized carbons (Fsp3) is 0.381. The molecule has 3 heteroatoms. The van der Waals surface area contributed by atoms with Crippen molar-refractivity contribution >= 4 is 5.91 Å². The van der Waals surface area contributed by atoms with E-state index in [1.165, 1.54) is 25.7 Å². The summed E-state index contributed by atoms with van der Waals surface area (Å²) in [6.07, 6.45) is 7.22. The minimum atomic E-state index is 0.0245. The molecule has 1 amide bonds. The number of carbonyl (C=O) groups excluding carboxylic acids is 1. The maximum Gasteiger partial charge on any atom is 0.251 e. The van der Waals surface area contributed by atoms with Gasteiger partial charge in [0.25, 0.3) is 5.91 Å². The number of benzene rings is 2.